The zero-order valence-corrected chi connectivity index (χ0v) is 11.0. The van der Waals surface area contributed by atoms with Gasteiger partial charge < -0.3 is 5.73 Å². The average molecular weight is 284 g/mol. The molecule has 18 heavy (non-hydrogen) atoms. The summed E-state index contributed by atoms with van der Waals surface area (Å²) in [6.45, 7) is 0. The molecule has 2 aromatic rings. The van der Waals surface area contributed by atoms with Gasteiger partial charge in [-0.3, -0.25) is 0 Å². The van der Waals surface area contributed by atoms with E-state index in [2.05, 4.69) is 0 Å². The van der Waals surface area contributed by atoms with E-state index in [-0.39, 0.29) is 5.82 Å². The summed E-state index contributed by atoms with van der Waals surface area (Å²) >= 11 is 11.9. The van der Waals surface area contributed by atoms with Crippen LogP contribution >= 0.6 is 23.2 Å². The zero-order chi connectivity index (χ0) is 13.1. The smallest absolute Gasteiger partial charge is 0.127 e. The molecule has 0 spiro atoms. The highest BCUT2D eigenvalue weighted by Crippen LogP contribution is 2.26. The fourth-order valence-electron chi connectivity index (χ4n) is 1.81. The Morgan fingerprint density at radius 1 is 1.11 bits per heavy atom. The van der Waals surface area contributed by atoms with Gasteiger partial charge in [0.25, 0.3) is 0 Å². The topological polar surface area (TPSA) is 26.0 Å². The number of hydrogen-bond donors (Lipinski definition) is 1. The minimum atomic E-state index is -0.426. The molecule has 1 unspecified atom stereocenters. The fourth-order valence-corrected chi connectivity index (χ4v) is 2.30. The van der Waals surface area contributed by atoms with Crippen LogP contribution in [0.5, 0.6) is 0 Å². The number of benzene rings is 2. The van der Waals surface area contributed by atoms with E-state index in [1.807, 2.05) is 6.07 Å². The molecular weight excluding hydrogens is 272 g/mol. The Hall–Kier alpha value is -1.09. The van der Waals surface area contributed by atoms with Gasteiger partial charge >= 0.3 is 0 Å². The van der Waals surface area contributed by atoms with Crippen LogP contribution < -0.4 is 5.73 Å². The molecule has 1 atom stereocenters. The molecule has 4 heteroatoms. The summed E-state index contributed by atoms with van der Waals surface area (Å²) in [4.78, 5) is 0. The third-order valence-electron chi connectivity index (χ3n) is 2.76. The normalized spacial score (nSPS) is 12.4. The third-order valence-corrected chi connectivity index (χ3v) is 3.35. The number of rotatable bonds is 3. The molecule has 0 aliphatic heterocycles. The molecule has 0 saturated heterocycles. The van der Waals surface area contributed by atoms with Gasteiger partial charge in [-0.2, -0.15) is 0 Å². The van der Waals surface area contributed by atoms with Crippen LogP contribution in [0.4, 0.5) is 4.39 Å². The zero-order valence-electron chi connectivity index (χ0n) is 9.54. The third kappa shape index (κ3) is 3.02. The first-order valence-corrected chi connectivity index (χ1v) is 6.27. The van der Waals surface area contributed by atoms with Gasteiger partial charge in [0.15, 0.2) is 0 Å². The van der Waals surface area contributed by atoms with E-state index in [1.165, 1.54) is 6.07 Å². The van der Waals surface area contributed by atoms with Crippen molar-refractivity contribution >= 4 is 23.2 Å². The van der Waals surface area contributed by atoms with E-state index in [9.17, 15) is 4.39 Å². The largest absolute Gasteiger partial charge is 0.324 e. The molecular formula is C14H12Cl2FN. The Bertz CT molecular complexity index is 557. The number of nitrogens with two attached hydrogens (primary N) is 1. The van der Waals surface area contributed by atoms with Gasteiger partial charge in [-0.25, -0.2) is 4.39 Å². The number of halogens is 3. The van der Waals surface area contributed by atoms with E-state index in [4.69, 9.17) is 28.9 Å². The predicted molar refractivity (Wildman–Crippen MR) is 73.5 cm³/mol. The van der Waals surface area contributed by atoms with Crippen molar-refractivity contribution in [3.05, 3.63) is 69.5 Å². The van der Waals surface area contributed by atoms with Gasteiger partial charge in [0.1, 0.15) is 5.82 Å². The lowest BCUT2D eigenvalue weighted by Gasteiger charge is -2.14. The highest BCUT2D eigenvalue weighted by atomic mass is 35.5. The summed E-state index contributed by atoms with van der Waals surface area (Å²) in [5.74, 6) is -0.296. The first-order chi connectivity index (χ1) is 8.58. The van der Waals surface area contributed by atoms with Gasteiger partial charge in [-0.1, -0.05) is 47.5 Å². The van der Waals surface area contributed by atoms with E-state index >= 15 is 0 Å². The standard InChI is InChI=1S/C14H12Cl2FN/c15-10-6-5-9(12(16)8-10)7-14(18)11-3-1-2-4-13(11)17/h1-6,8,14H,7,18H2. The molecule has 0 radical (unpaired) electrons. The molecule has 0 saturated carbocycles. The summed E-state index contributed by atoms with van der Waals surface area (Å²) in [6.07, 6.45) is 0.469. The van der Waals surface area contributed by atoms with E-state index < -0.39 is 6.04 Å². The van der Waals surface area contributed by atoms with Crippen LogP contribution in [-0.2, 0) is 6.42 Å². The van der Waals surface area contributed by atoms with Crippen LogP contribution in [0.25, 0.3) is 0 Å². The van der Waals surface area contributed by atoms with E-state index in [0.717, 1.165) is 5.56 Å². The molecule has 94 valence electrons. The minimum Gasteiger partial charge on any atom is -0.324 e. The summed E-state index contributed by atoms with van der Waals surface area (Å²) in [5.41, 5.74) is 7.35. The van der Waals surface area contributed by atoms with Crippen molar-refractivity contribution in [1.82, 2.24) is 0 Å². The maximum absolute atomic E-state index is 13.6. The van der Waals surface area contributed by atoms with Crippen LogP contribution in [0.3, 0.4) is 0 Å². The van der Waals surface area contributed by atoms with Gasteiger partial charge in [0, 0.05) is 21.7 Å². The van der Waals surface area contributed by atoms with Crippen molar-refractivity contribution in [2.75, 3.05) is 0 Å². The molecule has 0 aliphatic carbocycles. The van der Waals surface area contributed by atoms with Crippen molar-refractivity contribution in [2.24, 2.45) is 5.73 Å². The Balaban J connectivity index is 2.21. The maximum Gasteiger partial charge on any atom is 0.127 e. The fraction of sp³-hybridized carbons (Fsp3) is 0.143. The van der Waals surface area contributed by atoms with Crippen LogP contribution in [0.15, 0.2) is 42.5 Å². The summed E-state index contributed by atoms with van der Waals surface area (Å²) < 4.78 is 13.6. The van der Waals surface area contributed by atoms with Crippen molar-refractivity contribution < 1.29 is 4.39 Å². The average Bonchev–Trinajstić information content (AvgIpc) is 2.33. The quantitative estimate of drug-likeness (QED) is 0.889. The van der Waals surface area contributed by atoms with Crippen molar-refractivity contribution in [3.8, 4) is 0 Å². The highest BCUT2D eigenvalue weighted by molar-refractivity contribution is 6.35. The molecule has 0 aromatic heterocycles. The summed E-state index contributed by atoms with van der Waals surface area (Å²) in [5, 5.41) is 1.12. The number of hydrogen-bond acceptors (Lipinski definition) is 1. The molecule has 0 bridgehead atoms. The van der Waals surface area contributed by atoms with E-state index in [1.54, 1.807) is 30.3 Å². The molecule has 2 aromatic carbocycles. The second kappa shape index (κ2) is 5.70. The Kier molecular flexibility index (Phi) is 4.23. The first-order valence-electron chi connectivity index (χ1n) is 5.52. The van der Waals surface area contributed by atoms with Gasteiger partial charge in [0.2, 0.25) is 0 Å². The molecule has 0 heterocycles. The molecule has 0 aliphatic rings. The molecule has 0 fully saturated rings. The maximum atomic E-state index is 13.6. The van der Waals surface area contributed by atoms with Gasteiger partial charge in [0.05, 0.1) is 0 Å². The molecule has 2 rings (SSSR count). The monoisotopic (exact) mass is 283 g/mol. The Labute approximate surface area is 115 Å². The predicted octanol–water partition coefficient (Wildman–Crippen LogP) is 4.38. The Morgan fingerprint density at radius 3 is 2.50 bits per heavy atom. The van der Waals surface area contributed by atoms with Gasteiger partial charge in [-0.15, -0.1) is 0 Å². The van der Waals surface area contributed by atoms with Gasteiger partial charge in [-0.05, 0) is 30.2 Å². The first kappa shape index (κ1) is 13.3. The van der Waals surface area contributed by atoms with Crippen LogP contribution in [0.1, 0.15) is 17.2 Å². The highest BCUT2D eigenvalue weighted by Gasteiger charge is 2.13. The van der Waals surface area contributed by atoms with Crippen molar-refractivity contribution in [1.29, 1.82) is 0 Å². The molecule has 2 N–H and O–H groups in total. The van der Waals surface area contributed by atoms with Crippen molar-refractivity contribution in [3.63, 3.8) is 0 Å². The molecule has 1 nitrogen and oxygen atoms in total. The lowest BCUT2D eigenvalue weighted by molar-refractivity contribution is 0.580. The summed E-state index contributed by atoms with van der Waals surface area (Å²) in [7, 11) is 0. The summed E-state index contributed by atoms with van der Waals surface area (Å²) in [6, 6.07) is 11.3. The lowest BCUT2D eigenvalue weighted by atomic mass is 9.99. The molecule has 0 amide bonds. The van der Waals surface area contributed by atoms with E-state index in [0.29, 0.717) is 22.0 Å². The second-order valence-electron chi connectivity index (χ2n) is 4.07. The van der Waals surface area contributed by atoms with Crippen molar-refractivity contribution in [2.45, 2.75) is 12.5 Å². The minimum absolute atomic E-state index is 0.296. The van der Waals surface area contributed by atoms with Crippen LogP contribution in [0, 0.1) is 5.82 Å². The van der Waals surface area contributed by atoms with Crippen LogP contribution in [0.2, 0.25) is 10.0 Å². The SMILES string of the molecule is NC(Cc1ccc(Cl)cc1Cl)c1ccccc1F. The lowest BCUT2D eigenvalue weighted by Crippen LogP contribution is -2.15. The van der Waals surface area contributed by atoms with Crippen LogP contribution in [-0.4, -0.2) is 0 Å². The Morgan fingerprint density at radius 2 is 1.83 bits per heavy atom. The second-order valence-corrected chi connectivity index (χ2v) is 4.91.